The molecular weight excluding hydrogens is 270 g/mol. The van der Waals surface area contributed by atoms with Crippen molar-refractivity contribution in [3.63, 3.8) is 0 Å². The highest BCUT2D eigenvalue weighted by Gasteiger charge is 2.11. The van der Waals surface area contributed by atoms with Gasteiger partial charge in [-0.1, -0.05) is 12.1 Å². The van der Waals surface area contributed by atoms with E-state index < -0.39 is 0 Å². The Morgan fingerprint density at radius 2 is 2.00 bits per heavy atom. The molecule has 3 rings (SSSR count). The van der Waals surface area contributed by atoms with E-state index in [2.05, 4.69) is 42.0 Å². The number of fused-ring (bicyclic) bond motifs is 1. The molecule has 0 radical (unpaired) electrons. The van der Waals surface area contributed by atoms with Crippen molar-refractivity contribution in [3.8, 4) is 11.6 Å². The van der Waals surface area contributed by atoms with E-state index in [1.54, 1.807) is 7.11 Å². The fourth-order valence-corrected chi connectivity index (χ4v) is 2.56. The first kappa shape index (κ1) is 12.9. The van der Waals surface area contributed by atoms with Crippen LogP contribution in [0.25, 0.3) is 16.9 Å². The molecule has 1 aromatic carbocycles. The van der Waals surface area contributed by atoms with Gasteiger partial charge in [0.2, 0.25) is 5.88 Å². The minimum Gasteiger partial charge on any atom is -0.481 e. The van der Waals surface area contributed by atoms with Crippen molar-refractivity contribution in [2.75, 3.05) is 7.11 Å². The number of benzene rings is 1. The van der Waals surface area contributed by atoms with E-state index >= 15 is 0 Å². The summed E-state index contributed by atoms with van der Waals surface area (Å²) in [4.78, 5) is 7.69. The van der Waals surface area contributed by atoms with Gasteiger partial charge in [-0.3, -0.25) is 4.57 Å². The first-order valence-electron chi connectivity index (χ1n) is 6.33. The average Bonchev–Trinajstić information content (AvgIpc) is 2.76. The number of hydrogen-bond donors (Lipinski definition) is 1. The number of nitrogens with one attached hydrogen (secondary N) is 1. The molecule has 0 unspecified atom stereocenters. The number of imidazole rings is 1. The van der Waals surface area contributed by atoms with Gasteiger partial charge in [0, 0.05) is 6.07 Å². The second kappa shape index (κ2) is 4.76. The monoisotopic (exact) mass is 285 g/mol. The number of ether oxygens (including phenoxy) is 1. The summed E-state index contributed by atoms with van der Waals surface area (Å²) in [5, 5.41) is 0. The molecule has 0 bridgehead atoms. The Kier molecular flexibility index (Phi) is 3.06. The molecule has 0 fully saturated rings. The topological polar surface area (TPSA) is 42.8 Å². The summed E-state index contributed by atoms with van der Waals surface area (Å²) in [6, 6.07) is 10.0. The quantitative estimate of drug-likeness (QED) is 0.730. The van der Waals surface area contributed by atoms with Crippen LogP contribution < -0.4 is 4.74 Å². The third-order valence-corrected chi connectivity index (χ3v) is 3.61. The molecule has 0 spiro atoms. The van der Waals surface area contributed by atoms with Gasteiger partial charge in [0.15, 0.2) is 10.4 Å². The number of hydrogen-bond acceptors (Lipinski definition) is 3. The number of aryl methyl sites for hydroxylation is 2. The van der Waals surface area contributed by atoms with Gasteiger partial charge in [0.05, 0.1) is 18.3 Å². The van der Waals surface area contributed by atoms with Crippen LogP contribution in [0.3, 0.4) is 0 Å². The van der Waals surface area contributed by atoms with E-state index in [4.69, 9.17) is 17.0 Å². The van der Waals surface area contributed by atoms with Crippen molar-refractivity contribution in [1.82, 2.24) is 14.5 Å². The molecule has 0 atom stereocenters. The third kappa shape index (κ3) is 2.00. The SMILES string of the molecule is COc1ccc2[nH]c(=S)n(-c3cc(C)ccc3C)c2n1. The Balaban J connectivity index is 2.37. The zero-order chi connectivity index (χ0) is 14.3. The normalized spacial score (nSPS) is 10.9. The molecule has 0 saturated carbocycles. The number of aromatic amines is 1. The molecule has 2 heterocycles. The van der Waals surface area contributed by atoms with Crippen LogP contribution in [0.1, 0.15) is 11.1 Å². The predicted molar refractivity (Wildman–Crippen MR) is 82.3 cm³/mol. The van der Waals surface area contributed by atoms with Crippen molar-refractivity contribution >= 4 is 23.4 Å². The minimum absolute atomic E-state index is 0.575. The Labute approximate surface area is 122 Å². The summed E-state index contributed by atoms with van der Waals surface area (Å²) in [5.74, 6) is 0.575. The summed E-state index contributed by atoms with van der Waals surface area (Å²) in [7, 11) is 1.61. The molecule has 0 aliphatic heterocycles. The van der Waals surface area contributed by atoms with Crippen LogP contribution in [-0.4, -0.2) is 21.6 Å². The lowest BCUT2D eigenvalue weighted by atomic mass is 10.1. The zero-order valence-corrected chi connectivity index (χ0v) is 12.4. The maximum Gasteiger partial charge on any atom is 0.215 e. The molecule has 0 saturated heterocycles. The lowest BCUT2D eigenvalue weighted by Gasteiger charge is -2.09. The van der Waals surface area contributed by atoms with Gasteiger partial charge in [0.25, 0.3) is 0 Å². The highest BCUT2D eigenvalue weighted by atomic mass is 32.1. The van der Waals surface area contributed by atoms with Gasteiger partial charge < -0.3 is 9.72 Å². The van der Waals surface area contributed by atoms with Crippen LogP contribution >= 0.6 is 12.2 Å². The van der Waals surface area contributed by atoms with Crippen molar-refractivity contribution < 1.29 is 4.74 Å². The van der Waals surface area contributed by atoms with Crippen LogP contribution in [-0.2, 0) is 0 Å². The summed E-state index contributed by atoms with van der Waals surface area (Å²) >= 11 is 5.44. The minimum atomic E-state index is 0.575. The Morgan fingerprint density at radius 3 is 2.75 bits per heavy atom. The second-order valence-corrected chi connectivity index (χ2v) is 5.17. The molecule has 5 heteroatoms. The Morgan fingerprint density at radius 1 is 1.20 bits per heavy atom. The Bertz CT molecular complexity index is 848. The van der Waals surface area contributed by atoms with Gasteiger partial charge in [-0.25, -0.2) is 0 Å². The van der Waals surface area contributed by atoms with Crippen LogP contribution in [0.15, 0.2) is 30.3 Å². The van der Waals surface area contributed by atoms with Gasteiger partial charge in [-0.2, -0.15) is 4.98 Å². The van der Waals surface area contributed by atoms with E-state index in [0.717, 1.165) is 22.4 Å². The van der Waals surface area contributed by atoms with Gasteiger partial charge >= 0.3 is 0 Å². The number of H-pyrrole nitrogens is 1. The van der Waals surface area contributed by atoms with Crippen molar-refractivity contribution in [2.45, 2.75) is 13.8 Å². The number of nitrogens with zero attached hydrogens (tertiary/aromatic N) is 2. The smallest absolute Gasteiger partial charge is 0.215 e. The van der Waals surface area contributed by atoms with Crippen LogP contribution in [0.5, 0.6) is 5.88 Å². The summed E-state index contributed by atoms with van der Waals surface area (Å²) in [5.41, 5.74) is 5.06. The fraction of sp³-hybridized carbons (Fsp3) is 0.200. The molecule has 0 amide bonds. The van der Waals surface area contributed by atoms with Gasteiger partial charge in [0.1, 0.15) is 0 Å². The Hall–Kier alpha value is -2.14. The third-order valence-electron chi connectivity index (χ3n) is 3.32. The zero-order valence-electron chi connectivity index (χ0n) is 11.6. The van der Waals surface area contributed by atoms with E-state index in [1.165, 1.54) is 5.56 Å². The molecule has 4 nitrogen and oxygen atoms in total. The molecule has 20 heavy (non-hydrogen) atoms. The van der Waals surface area contributed by atoms with Crippen LogP contribution in [0.4, 0.5) is 0 Å². The lowest BCUT2D eigenvalue weighted by Crippen LogP contribution is -1.99. The molecule has 0 aliphatic carbocycles. The second-order valence-electron chi connectivity index (χ2n) is 4.78. The van der Waals surface area contributed by atoms with Gasteiger partial charge in [-0.15, -0.1) is 0 Å². The van der Waals surface area contributed by atoms with E-state index in [1.807, 2.05) is 16.7 Å². The summed E-state index contributed by atoms with van der Waals surface area (Å²) < 4.78 is 7.79. The lowest BCUT2D eigenvalue weighted by molar-refractivity contribution is 0.399. The number of aromatic nitrogens is 3. The van der Waals surface area contributed by atoms with E-state index in [0.29, 0.717) is 10.7 Å². The predicted octanol–water partition coefficient (Wildman–Crippen LogP) is 3.71. The summed E-state index contributed by atoms with van der Waals surface area (Å²) in [6.45, 7) is 4.13. The standard InChI is InChI=1S/C15H15N3OS/c1-9-4-5-10(2)12(8-9)18-14-11(16-15(18)20)6-7-13(17-14)19-3/h4-8H,1-3H3,(H,16,20). The number of rotatable bonds is 2. The number of methoxy groups -OCH3 is 1. The maximum atomic E-state index is 5.44. The fourth-order valence-electron chi connectivity index (χ4n) is 2.26. The molecule has 3 aromatic rings. The molecular formula is C15H15N3OS. The number of pyridine rings is 1. The van der Waals surface area contributed by atoms with Crippen molar-refractivity contribution in [1.29, 1.82) is 0 Å². The highest BCUT2D eigenvalue weighted by Crippen LogP contribution is 2.23. The van der Waals surface area contributed by atoms with Crippen LogP contribution in [0, 0.1) is 18.6 Å². The molecule has 102 valence electrons. The first-order chi connectivity index (χ1) is 9.60. The molecule has 1 N–H and O–H groups in total. The van der Waals surface area contributed by atoms with E-state index in [9.17, 15) is 0 Å². The maximum absolute atomic E-state index is 5.44. The highest BCUT2D eigenvalue weighted by molar-refractivity contribution is 7.71. The summed E-state index contributed by atoms with van der Waals surface area (Å²) in [6.07, 6.45) is 0. The largest absolute Gasteiger partial charge is 0.481 e. The molecule has 0 aliphatic rings. The van der Waals surface area contributed by atoms with Crippen molar-refractivity contribution in [2.24, 2.45) is 0 Å². The molecule has 2 aromatic heterocycles. The van der Waals surface area contributed by atoms with Crippen LogP contribution in [0.2, 0.25) is 0 Å². The van der Waals surface area contributed by atoms with Crippen molar-refractivity contribution in [3.05, 3.63) is 46.2 Å². The average molecular weight is 285 g/mol. The first-order valence-corrected chi connectivity index (χ1v) is 6.74. The van der Waals surface area contributed by atoms with E-state index in [-0.39, 0.29) is 0 Å². The van der Waals surface area contributed by atoms with Gasteiger partial charge in [-0.05, 0) is 49.3 Å².